The molecule has 0 aliphatic rings. The molecule has 0 aromatic heterocycles. The standard InChI is InChI=1S/C23H23N3O3/c1-16-8-11-19(12-9-16)23(18-6-4-3-5-7-18)24-15-22(27)25-21-14-20(26(28)29)13-10-17(21)2/h3-14,23-24H,15H2,1-2H3,(H,25,27)/t23-/m1/s1. The molecule has 6 nitrogen and oxygen atoms in total. The number of nitrogens with zero attached hydrogens (tertiary/aromatic N) is 1. The number of rotatable bonds is 7. The molecule has 148 valence electrons. The van der Waals surface area contributed by atoms with Crippen LogP contribution >= 0.6 is 0 Å². The van der Waals surface area contributed by atoms with Gasteiger partial charge in [0, 0.05) is 12.1 Å². The van der Waals surface area contributed by atoms with Gasteiger partial charge in [-0.15, -0.1) is 0 Å². The Bertz CT molecular complexity index is 1000. The molecule has 29 heavy (non-hydrogen) atoms. The minimum absolute atomic E-state index is 0.0549. The molecule has 0 aliphatic heterocycles. The monoisotopic (exact) mass is 389 g/mol. The van der Waals surface area contributed by atoms with E-state index in [2.05, 4.69) is 10.6 Å². The van der Waals surface area contributed by atoms with Crippen molar-refractivity contribution in [1.82, 2.24) is 5.32 Å². The van der Waals surface area contributed by atoms with Crippen LogP contribution in [0.1, 0.15) is 28.3 Å². The minimum atomic E-state index is -0.476. The zero-order chi connectivity index (χ0) is 20.8. The molecule has 0 spiro atoms. The first kappa shape index (κ1) is 20.2. The van der Waals surface area contributed by atoms with Crippen molar-refractivity contribution >= 4 is 17.3 Å². The fourth-order valence-electron chi connectivity index (χ4n) is 3.08. The van der Waals surface area contributed by atoms with Gasteiger partial charge >= 0.3 is 0 Å². The number of benzene rings is 3. The molecule has 0 unspecified atom stereocenters. The topological polar surface area (TPSA) is 84.3 Å². The quantitative estimate of drug-likeness (QED) is 0.459. The number of non-ortho nitro benzene ring substituents is 1. The van der Waals surface area contributed by atoms with E-state index in [1.165, 1.54) is 17.7 Å². The number of amides is 1. The van der Waals surface area contributed by atoms with E-state index in [4.69, 9.17) is 0 Å². The third-order valence-electron chi connectivity index (χ3n) is 4.72. The van der Waals surface area contributed by atoms with Gasteiger partial charge in [-0.2, -0.15) is 0 Å². The normalized spacial score (nSPS) is 11.7. The van der Waals surface area contributed by atoms with E-state index in [-0.39, 0.29) is 24.2 Å². The Morgan fingerprint density at radius 3 is 2.28 bits per heavy atom. The van der Waals surface area contributed by atoms with Crippen molar-refractivity contribution in [2.45, 2.75) is 19.9 Å². The summed E-state index contributed by atoms with van der Waals surface area (Å²) < 4.78 is 0. The second-order valence-electron chi connectivity index (χ2n) is 6.94. The molecule has 3 rings (SSSR count). The number of nitrogens with one attached hydrogen (secondary N) is 2. The third-order valence-corrected chi connectivity index (χ3v) is 4.72. The van der Waals surface area contributed by atoms with Crippen LogP contribution in [0, 0.1) is 24.0 Å². The van der Waals surface area contributed by atoms with E-state index in [0.717, 1.165) is 16.7 Å². The lowest BCUT2D eigenvalue weighted by molar-refractivity contribution is -0.384. The van der Waals surface area contributed by atoms with Gasteiger partial charge in [-0.3, -0.25) is 20.2 Å². The molecular formula is C23H23N3O3. The van der Waals surface area contributed by atoms with Crippen LogP contribution in [0.15, 0.2) is 72.8 Å². The van der Waals surface area contributed by atoms with Crippen molar-refractivity contribution < 1.29 is 9.72 Å². The molecule has 3 aromatic rings. The van der Waals surface area contributed by atoms with Gasteiger partial charge in [0.15, 0.2) is 0 Å². The maximum absolute atomic E-state index is 12.5. The SMILES string of the molecule is Cc1ccc([C@H](NCC(=O)Nc2cc([N+](=O)[O-])ccc2C)c2ccccc2)cc1. The highest BCUT2D eigenvalue weighted by molar-refractivity contribution is 5.93. The average Bonchev–Trinajstić information content (AvgIpc) is 2.71. The number of carbonyl (C=O) groups excluding carboxylic acids is 1. The van der Waals surface area contributed by atoms with Crippen LogP contribution < -0.4 is 10.6 Å². The smallest absolute Gasteiger partial charge is 0.271 e. The molecule has 0 bridgehead atoms. The molecule has 0 saturated carbocycles. The van der Waals surface area contributed by atoms with Gasteiger partial charge < -0.3 is 5.32 Å². The van der Waals surface area contributed by atoms with Crippen LogP contribution in [0.2, 0.25) is 0 Å². The van der Waals surface area contributed by atoms with Gasteiger partial charge in [-0.05, 0) is 30.5 Å². The van der Waals surface area contributed by atoms with Gasteiger partial charge in [-0.25, -0.2) is 0 Å². The lowest BCUT2D eigenvalue weighted by Crippen LogP contribution is -2.32. The van der Waals surface area contributed by atoms with E-state index >= 15 is 0 Å². The second-order valence-corrected chi connectivity index (χ2v) is 6.94. The molecular weight excluding hydrogens is 366 g/mol. The van der Waals surface area contributed by atoms with Crippen LogP contribution in [0.5, 0.6) is 0 Å². The van der Waals surface area contributed by atoms with Gasteiger partial charge in [-0.1, -0.05) is 66.2 Å². The maximum Gasteiger partial charge on any atom is 0.271 e. The molecule has 2 N–H and O–H groups in total. The van der Waals surface area contributed by atoms with Crippen LogP contribution in [0.4, 0.5) is 11.4 Å². The van der Waals surface area contributed by atoms with E-state index in [0.29, 0.717) is 5.69 Å². The fraction of sp³-hybridized carbons (Fsp3) is 0.174. The Labute approximate surface area is 169 Å². The van der Waals surface area contributed by atoms with E-state index in [1.54, 1.807) is 13.0 Å². The summed E-state index contributed by atoms with van der Waals surface area (Å²) in [6, 6.07) is 22.4. The van der Waals surface area contributed by atoms with E-state index in [9.17, 15) is 14.9 Å². The summed E-state index contributed by atoms with van der Waals surface area (Å²) in [4.78, 5) is 23.0. The number of aryl methyl sites for hydroxylation is 2. The largest absolute Gasteiger partial charge is 0.324 e. The number of anilines is 1. The van der Waals surface area contributed by atoms with E-state index < -0.39 is 4.92 Å². The molecule has 0 fully saturated rings. The molecule has 3 aromatic carbocycles. The Morgan fingerprint density at radius 2 is 1.62 bits per heavy atom. The van der Waals surface area contributed by atoms with Crippen molar-refractivity contribution in [2.75, 3.05) is 11.9 Å². The second kappa shape index (κ2) is 9.12. The summed E-state index contributed by atoms with van der Waals surface area (Å²) in [5.41, 5.74) is 4.43. The first-order valence-corrected chi connectivity index (χ1v) is 9.34. The molecule has 0 aliphatic carbocycles. The van der Waals surface area contributed by atoms with Gasteiger partial charge in [0.2, 0.25) is 5.91 Å². The Morgan fingerprint density at radius 1 is 0.966 bits per heavy atom. The van der Waals surface area contributed by atoms with Gasteiger partial charge in [0.05, 0.1) is 23.2 Å². The van der Waals surface area contributed by atoms with Crippen LogP contribution in [0.25, 0.3) is 0 Å². The average molecular weight is 389 g/mol. The lowest BCUT2D eigenvalue weighted by atomic mass is 9.98. The summed E-state index contributed by atoms with van der Waals surface area (Å²) in [5, 5.41) is 17.1. The highest BCUT2D eigenvalue weighted by Gasteiger charge is 2.16. The first-order chi connectivity index (χ1) is 13.9. The van der Waals surface area contributed by atoms with Crippen molar-refractivity contribution in [1.29, 1.82) is 0 Å². The maximum atomic E-state index is 12.5. The summed E-state index contributed by atoms with van der Waals surface area (Å²) in [7, 11) is 0. The first-order valence-electron chi connectivity index (χ1n) is 9.34. The number of hydrogen-bond donors (Lipinski definition) is 2. The highest BCUT2D eigenvalue weighted by Crippen LogP contribution is 2.23. The van der Waals surface area contributed by atoms with Crippen molar-refractivity contribution in [2.24, 2.45) is 0 Å². The zero-order valence-electron chi connectivity index (χ0n) is 16.4. The number of carbonyl (C=O) groups is 1. The zero-order valence-corrected chi connectivity index (χ0v) is 16.4. The van der Waals surface area contributed by atoms with Crippen molar-refractivity contribution in [3.63, 3.8) is 0 Å². The van der Waals surface area contributed by atoms with Crippen LogP contribution in [-0.2, 0) is 4.79 Å². The van der Waals surface area contributed by atoms with Gasteiger partial charge in [0.25, 0.3) is 5.69 Å². The molecule has 0 radical (unpaired) electrons. The number of nitro benzene ring substituents is 1. The van der Waals surface area contributed by atoms with Crippen LogP contribution in [-0.4, -0.2) is 17.4 Å². The number of hydrogen-bond acceptors (Lipinski definition) is 4. The summed E-state index contributed by atoms with van der Waals surface area (Å²) in [5.74, 6) is -0.262. The van der Waals surface area contributed by atoms with Crippen molar-refractivity contribution in [3.8, 4) is 0 Å². The molecule has 1 amide bonds. The Hall–Kier alpha value is -3.51. The molecule has 0 saturated heterocycles. The molecule has 6 heteroatoms. The minimum Gasteiger partial charge on any atom is -0.324 e. The van der Waals surface area contributed by atoms with Gasteiger partial charge in [0.1, 0.15) is 0 Å². The fourth-order valence-corrected chi connectivity index (χ4v) is 3.08. The predicted octanol–water partition coefficient (Wildman–Crippen LogP) is 4.53. The molecule has 0 heterocycles. The summed E-state index contributed by atoms with van der Waals surface area (Å²) >= 11 is 0. The lowest BCUT2D eigenvalue weighted by Gasteiger charge is -2.20. The third kappa shape index (κ3) is 5.27. The Balaban J connectivity index is 1.74. The Kier molecular flexibility index (Phi) is 6.36. The number of nitro groups is 1. The van der Waals surface area contributed by atoms with E-state index in [1.807, 2.05) is 61.5 Å². The molecule has 1 atom stereocenters. The predicted molar refractivity (Wildman–Crippen MR) is 114 cm³/mol. The summed E-state index contributed by atoms with van der Waals surface area (Å²) in [6.07, 6.45) is 0. The summed E-state index contributed by atoms with van der Waals surface area (Å²) in [6.45, 7) is 3.89. The van der Waals surface area contributed by atoms with Crippen LogP contribution in [0.3, 0.4) is 0 Å². The highest BCUT2D eigenvalue weighted by atomic mass is 16.6. The van der Waals surface area contributed by atoms with Crippen molar-refractivity contribution in [3.05, 3.63) is 105 Å².